The molecule has 0 amide bonds. The highest BCUT2D eigenvalue weighted by Crippen LogP contribution is 2.23. The summed E-state index contributed by atoms with van der Waals surface area (Å²) in [5.41, 5.74) is 0.981. The third kappa shape index (κ3) is 2.90. The molecule has 1 rings (SSSR count). The van der Waals surface area contributed by atoms with E-state index in [0.717, 1.165) is 10.4 Å². The maximum Gasteiger partial charge on any atom is 0.190 e. The highest BCUT2D eigenvalue weighted by Gasteiger charge is 2.22. The molecular weight excluding hydrogens is 206 g/mol. The SMILES string of the molecule is Cc1ccsc1C(=O)C(C#N)CC(C)C. The molecule has 0 aliphatic heterocycles. The fraction of sp³-hybridized carbons (Fsp3) is 0.500. The second kappa shape index (κ2) is 5.09. The number of ketones is 1. The Labute approximate surface area is 94.5 Å². The van der Waals surface area contributed by atoms with Crippen LogP contribution in [-0.2, 0) is 0 Å². The van der Waals surface area contributed by atoms with Crippen LogP contribution >= 0.6 is 11.3 Å². The summed E-state index contributed by atoms with van der Waals surface area (Å²) < 4.78 is 0. The normalized spacial score (nSPS) is 12.5. The molecule has 2 nitrogen and oxygen atoms in total. The summed E-state index contributed by atoms with van der Waals surface area (Å²) >= 11 is 1.43. The molecule has 80 valence electrons. The molecule has 0 bridgehead atoms. The number of Topliss-reactive ketones (excluding diaryl/α,β-unsaturated/α-hetero) is 1. The Morgan fingerprint density at radius 1 is 1.60 bits per heavy atom. The zero-order valence-corrected chi connectivity index (χ0v) is 10.1. The number of carbonyl (C=O) groups excluding carboxylic acids is 1. The minimum atomic E-state index is -0.484. The van der Waals surface area contributed by atoms with Crippen LogP contribution in [0.4, 0.5) is 0 Å². The Kier molecular flexibility index (Phi) is 4.05. The lowest BCUT2D eigenvalue weighted by molar-refractivity contribution is 0.0940. The van der Waals surface area contributed by atoms with Crippen LogP contribution in [0.1, 0.15) is 35.5 Å². The molecule has 0 aliphatic rings. The maximum absolute atomic E-state index is 12.0. The highest BCUT2D eigenvalue weighted by atomic mass is 32.1. The maximum atomic E-state index is 12.0. The van der Waals surface area contributed by atoms with Gasteiger partial charge in [-0.1, -0.05) is 13.8 Å². The smallest absolute Gasteiger partial charge is 0.190 e. The van der Waals surface area contributed by atoms with Gasteiger partial charge in [0.2, 0.25) is 0 Å². The molecule has 1 heterocycles. The summed E-state index contributed by atoms with van der Waals surface area (Å²) in [4.78, 5) is 12.7. The Hall–Kier alpha value is -1.14. The van der Waals surface area contributed by atoms with Crippen LogP contribution in [0.5, 0.6) is 0 Å². The first-order valence-corrected chi connectivity index (χ1v) is 5.92. The van der Waals surface area contributed by atoms with Gasteiger partial charge < -0.3 is 0 Å². The molecule has 15 heavy (non-hydrogen) atoms. The zero-order valence-electron chi connectivity index (χ0n) is 9.28. The van der Waals surface area contributed by atoms with E-state index in [1.807, 2.05) is 32.2 Å². The molecule has 0 radical (unpaired) electrons. The highest BCUT2D eigenvalue weighted by molar-refractivity contribution is 7.12. The van der Waals surface area contributed by atoms with Crippen LogP contribution in [-0.4, -0.2) is 5.78 Å². The van der Waals surface area contributed by atoms with Gasteiger partial charge in [-0.05, 0) is 36.3 Å². The summed E-state index contributed by atoms with van der Waals surface area (Å²) in [7, 11) is 0. The number of nitrogens with zero attached hydrogens (tertiary/aromatic N) is 1. The van der Waals surface area contributed by atoms with Crippen molar-refractivity contribution >= 4 is 17.1 Å². The predicted octanol–water partition coefficient (Wildman–Crippen LogP) is 3.43. The molecule has 0 N–H and O–H groups in total. The van der Waals surface area contributed by atoms with Gasteiger partial charge in [-0.25, -0.2) is 0 Å². The van der Waals surface area contributed by atoms with E-state index in [2.05, 4.69) is 6.07 Å². The standard InChI is InChI=1S/C12H15NOS/c1-8(2)6-10(7-13)11(14)12-9(3)4-5-15-12/h4-5,8,10H,6H2,1-3H3. The van der Waals surface area contributed by atoms with Crippen molar-refractivity contribution < 1.29 is 4.79 Å². The van der Waals surface area contributed by atoms with Crippen molar-refractivity contribution in [2.75, 3.05) is 0 Å². The van der Waals surface area contributed by atoms with Gasteiger partial charge in [-0.2, -0.15) is 5.26 Å². The summed E-state index contributed by atoms with van der Waals surface area (Å²) in [6.07, 6.45) is 0.646. The van der Waals surface area contributed by atoms with Gasteiger partial charge in [-0.3, -0.25) is 4.79 Å². The van der Waals surface area contributed by atoms with Crippen LogP contribution in [0.3, 0.4) is 0 Å². The van der Waals surface area contributed by atoms with E-state index >= 15 is 0 Å². The van der Waals surface area contributed by atoms with E-state index < -0.39 is 5.92 Å². The summed E-state index contributed by atoms with van der Waals surface area (Å²) in [5.74, 6) is -0.125. The molecule has 0 aromatic carbocycles. The number of hydrogen-bond acceptors (Lipinski definition) is 3. The van der Waals surface area contributed by atoms with Crippen LogP contribution < -0.4 is 0 Å². The third-order valence-electron chi connectivity index (χ3n) is 2.27. The van der Waals surface area contributed by atoms with Crippen LogP contribution in [0.2, 0.25) is 0 Å². The van der Waals surface area contributed by atoms with Crippen molar-refractivity contribution in [3.05, 3.63) is 21.9 Å². The Morgan fingerprint density at radius 2 is 2.27 bits per heavy atom. The molecule has 0 saturated carbocycles. The lowest BCUT2D eigenvalue weighted by atomic mass is 9.93. The average Bonchev–Trinajstić information content (AvgIpc) is 2.59. The minimum absolute atomic E-state index is 0.0151. The number of rotatable bonds is 4. The zero-order chi connectivity index (χ0) is 11.4. The molecule has 0 spiro atoms. The fourth-order valence-corrected chi connectivity index (χ4v) is 2.39. The van der Waals surface area contributed by atoms with E-state index in [1.165, 1.54) is 11.3 Å². The van der Waals surface area contributed by atoms with Crippen molar-refractivity contribution in [3.8, 4) is 6.07 Å². The van der Waals surface area contributed by atoms with Crippen molar-refractivity contribution in [3.63, 3.8) is 0 Å². The molecule has 1 aromatic rings. The fourth-order valence-electron chi connectivity index (χ4n) is 1.47. The average molecular weight is 221 g/mol. The molecule has 3 heteroatoms. The van der Waals surface area contributed by atoms with Crippen molar-refractivity contribution in [1.29, 1.82) is 5.26 Å². The number of thiophene rings is 1. The van der Waals surface area contributed by atoms with Gasteiger partial charge in [0.05, 0.1) is 10.9 Å². The minimum Gasteiger partial charge on any atom is -0.292 e. The lowest BCUT2D eigenvalue weighted by Crippen LogP contribution is -2.14. The van der Waals surface area contributed by atoms with E-state index in [0.29, 0.717) is 12.3 Å². The van der Waals surface area contributed by atoms with Crippen molar-refractivity contribution in [1.82, 2.24) is 0 Å². The predicted molar refractivity (Wildman–Crippen MR) is 61.9 cm³/mol. The Bertz CT molecular complexity index is 387. The van der Waals surface area contributed by atoms with Crippen molar-refractivity contribution in [2.24, 2.45) is 11.8 Å². The topological polar surface area (TPSA) is 40.9 Å². The first kappa shape index (κ1) is 11.9. The molecular formula is C12H15NOS. The first-order valence-electron chi connectivity index (χ1n) is 5.04. The largest absolute Gasteiger partial charge is 0.292 e. The molecule has 0 saturated heterocycles. The number of nitriles is 1. The van der Waals surface area contributed by atoms with E-state index in [4.69, 9.17) is 5.26 Å². The molecule has 1 atom stereocenters. The van der Waals surface area contributed by atoms with Crippen molar-refractivity contribution in [2.45, 2.75) is 27.2 Å². The van der Waals surface area contributed by atoms with E-state index in [-0.39, 0.29) is 5.78 Å². The summed E-state index contributed by atoms with van der Waals surface area (Å²) in [6, 6.07) is 4.02. The molecule has 0 aliphatic carbocycles. The summed E-state index contributed by atoms with van der Waals surface area (Å²) in [5, 5.41) is 10.9. The van der Waals surface area contributed by atoms with Crippen LogP contribution in [0.25, 0.3) is 0 Å². The summed E-state index contributed by atoms with van der Waals surface area (Å²) in [6.45, 7) is 5.96. The van der Waals surface area contributed by atoms with E-state index in [9.17, 15) is 4.79 Å². The quantitative estimate of drug-likeness (QED) is 0.731. The van der Waals surface area contributed by atoms with Gasteiger partial charge in [0, 0.05) is 0 Å². The molecule has 1 aromatic heterocycles. The van der Waals surface area contributed by atoms with Crippen LogP contribution in [0.15, 0.2) is 11.4 Å². The number of hydrogen-bond donors (Lipinski definition) is 0. The Morgan fingerprint density at radius 3 is 2.67 bits per heavy atom. The molecule has 0 fully saturated rings. The molecule has 1 unspecified atom stereocenters. The second-order valence-electron chi connectivity index (χ2n) is 4.11. The van der Waals surface area contributed by atoms with Crippen LogP contribution in [0, 0.1) is 30.1 Å². The van der Waals surface area contributed by atoms with E-state index in [1.54, 1.807) is 0 Å². The Balaban J connectivity index is 2.84. The lowest BCUT2D eigenvalue weighted by Gasteiger charge is -2.09. The van der Waals surface area contributed by atoms with Gasteiger partial charge in [0.1, 0.15) is 5.92 Å². The number of carbonyl (C=O) groups is 1. The monoisotopic (exact) mass is 221 g/mol. The second-order valence-corrected chi connectivity index (χ2v) is 5.02. The number of aryl methyl sites for hydroxylation is 1. The first-order chi connectivity index (χ1) is 7.06. The van der Waals surface area contributed by atoms with Gasteiger partial charge >= 0.3 is 0 Å². The van der Waals surface area contributed by atoms with Gasteiger partial charge in [0.15, 0.2) is 5.78 Å². The van der Waals surface area contributed by atoms with Gasteiger partial charge in [0.25, 0.3) is 0 Å². The van der Waals surface area contributed by atoms with Gasteiger partial charge in [-0.15, -0.1) is 11.3 Å². The third-order valence-corrected chi connectivity index (χ3v) is 3.30.